The van der Waals surface area contributed by atoms with Gasteiger partial charge >= 0.3 is 0 Å². The first-order valence-electron chi connectivity index (χ1n) is 10.3. The maximum Gasteiger partial charge on any atom is 0.196 e. The number of carbonyl (C=O) groups excluding carboxylic acids is 1. The summed E-state index contributed by atoms with van der Waals surface area (Å²) in [5.41, 5.74) is 7.26. The van der Waals surface area contributed by atoms with Gasteiger partial charge in [0.05, 0.1) is 5.75 Å². The summed E-state index contributed by atoms with van der Waals surface area (Å²) < 4.78 is 2.03. The minimum absolute atomic E-state index is 0.102. The van der Waals surface area contributed by atoms with E-state index < -0.39 is 0 Å². The molecule has 0 saturated carbocycles. The van der Waals surface area contributed by atoms with E-state index in [-0.39, 0.29) is 5.78 Å². The predicted molar refractivity (Wildman–Crippen MR) is 127 cm³/mol. The Morgan fingerprint density at radius 2 is 1.58 bits per heavy atom. The number of carbonyl (C=O) groups is 1. The van der Waals surface area contributed by atoms with E-state index in [0.717, 1.165) is 39.3 Å². The molecule has 1 heterocycles. The lowest BCUT2D eigenvalue weighted by Gasteiger charge is -2.11. The van der Waals surface area contributed by atoms with Gasteiger partial charge in [-0.05, 0) is 68.7 Å². The molecule has 0 aliphatic heterocycles. The summed E-state index contributed by atoms with van der Waals surface area (Å²) in [6, 6.07) is 22.3. The van der Waals surface area contributed by atoms with Gasteiger partial charge in [0, 0.05) is 16.8 Å². The van der Waals surface area contributed by atoms with Crippen LogP contribution in [0.2, 0.25) is 0 Å². The average Bonchev–Trinajstić information content (AvgIpc) is 3.19. The lowest BCUT2D eigenvalue weighted by Crippen LogP contribution is -2.07. The molecule has 5 heteroatoms. The third-order valence-corrected chi connectivity index (χ3v) is 6.33. The number of ketones is 1. The smallest absolute Gasteiger partial charge is 0.196 e. The largest absolute Gasteiger partial charge is 0.293 e. The lowest BCUT2D eigenvalue weighted by atomic mass is 9.99. The maximum absolute atomic E-state index is 13.0. The van der Waals surface area contributed by atoms with Crippen molar-refractivity contribution in [3.63, 3.8) is 0 Å². The molecule has 0 amide bonds. The zero-order chi connectivity index (χ0) is 22.0. The van der Waals surface area contributed by atoms with Gasteiger partial charge in [-0.25, -0.2) is 0 Å². The summed E-state index contributed by atoms with van der Waals surface area (Å²) >= 11 is 1.42. The number of aromatic nitrogens is 3. The zero-order valence-corrected chi connectivity index (χ0v) is 19.0. The molecule has 0 fully saturated rings. The number of para-hydroxylation sites is 1. The van der Waals surface area contributed by atoms with Gasteiger partial charge in [-0.1, -0.05) is 59.8 Å². The molecule has 0 atom stereocenters. The van der Waals surface area contributed by atoms with Crippen LogP contribution >= 0.6 is 11.8 Å². The van der Waals surface area contributed by atoms with Crippen molar-refractivity contribution in [2.75, 3.05) is 5.75 Å². The van der Waals surface area contributed by atoms with Crippen molar-refractivity contribution < 1.29 is 4.79 Å². The number of aryl methyl sites for hydroxylation is 4. The highest BCUT2D eigenvalue weighted by molar-refractivity contribution is 7.99. The fourth-order valence-electron chi connectivity index (χ4n) is 3.61. The lowest BCUT2D eigenvalue weighted by molar-refractivity contribution is 0.102. The minimum atomic E-state index is 0.102. The number of Topliss-reactive ketones (excluding diaryl/α,β-unsaturated/α-hetero) is 1. The van der Waals surface area contributed by atoms with Crippen LogP contribution in [0.5, 0.6) is 0 Å². The molecular formula is C26H25N3OS. The number of hydrogen-bond donors (Lipinski definition) is 0. The molecule has 4 aromatic rings. The molecular weight excluding hydrogens is 402 g/mol. The van der Waals surface area contributed by atoms with Crippen molar-refractivity contribution in [3.8, 4) is 17.1 Å². The number of hydrogen-bond acceptors (Lipinski definition) is 4. The van der Waals surface area contributed by atoms with Crippen molar-refractivity contribution in [1.29, 1.82) is 0 Å². The van der Waals surface area contributed by atoms with Gasteiger partial charge in [-0.2, -0.15) is 0 Å². The summed E-state index contributed by atoms with van der Waals surface area (Å²) in [5, 5.41) is 9.63. The summed E-state index contributed by atoms with van der Waals surface area (Å²) in [6.07, 6.45) is 0. The van der Waals surface area contributed by atoms with Crippen molar-refractivity contribution in [3.05, 3.63) is 94.5 Å². The number of rotatable bonds is 6. The second-order valence-corrected chi connectivity index (χ2v) is 8.75. The summed E-state index contributed by atoms with van der Waals surface area (Å²) in [4.78, 5) is 13.0. The second kappa shape index (κ2) is 8.90. The Hall–Kier alpha value is -3.18. The standard InChI is InChI=1S/C26H25N3OS/c1-17-9-8-10-21(13-17)25-27-28-26(29(25)22-11-6-5-7-12-22)31-16-24(30)23-15-19(3)18(2)14-20(23)4/h5-15H,16H2,1-4H3. The topological polar surface area (TPSA) is 47.8 Å². The number of nitrogens with zero attached hydrogens (tertiary/aromatic N) is 3. The highest BCUT2D eigenvalue weighted by Gasteiger charge is 2.18. The monoisotopic (exact) mass is 427 g/mol. The third-order valence-electron chi connectivity index (χ3n) is 5.40. The van der Waals surface area contributed by atoms with Crippen LogP contribution in [-0.2, 0) is 0 Å². The molecule has 4 nitrogen and oxygen atoms in total. The normalized spacial score (nSPS) is 11.0. The van der Waals surface area contributed by atoms with Crippen LogP contribution < -0.4 is 0 Å². The SMILES string of the molecule is Cc1cccc(-c2nnc(SCC(=O)c3cc(C)c(C)cc3C)n2-c2ccccc2)c1. The minimum Gasteiger partial charge on any atom is -0.293 e. The van der Waals surface area contributed by atoms with Crippen molar-refractivity contribution in [2.24, 2.45) is 0 Å². The molecule has 0 spiro atoms. The van der Waals surface area contributed by atoms with E-state index in [9.17, 15) is 4.79 Å². The number of thioether (sulfide) groups is 1. The molecule has 0 radical (unpaired) electrons. The molecule has 0 aliphatic rings. The Bertz CT molecular complexity index is 1250. The van der Waals surface area contributed by atoms with Gasteiger partial charge in [0.25, 0.3) is 0 Å². The van der Waals surface area contributed by atoms with Crippen LogP contribution in [-0.4, -0.2) is 26.3 Å². The van der Waals surface area contributed by atoms with Crippen molar-refractivity contribution >= 4 is 17.5 Å². The van der Waals surface area contributed by atoms with E-state index in [1.54, 1.807) is 0 Å². The summed E-state index contributed by atoms with van der Waals surface area (Å²) in [6.45, 7) is 8.17. The average molecular weight is 428 g/mol. The highest BCUT2D eigenvalue weighted by Crippen LogP contribution is 2.29. The molecule has 1 aromatic heterocycles. The van der Waals surface area contributed by atoms with E-state index in [1.807, 2.05) is 66.9 Å². The van der Waals surface area contributed by atoms with E-state index in [4.69, 9.17) is 0 Å². The predicted octanol–water partition coefficient (Wildman–Crippen LogP) is 6.14. The molecule has 156 valence electrons. The van der Waals surface area contributed by atoms with Crippen LogP contribution in [0.15, 0.2) is 71.9 Å². The molecule has 31 heavy (non-hydrogen) atoms. The fraction of sp³-hybridized carbons (Fsp3) is 0.192. The Labute approximate surface area is 187 Å². The Morgan fingerprint density at radius 1 is 0.839 bits per heavy atom. The van der Waals surface area contributed by atoms with Gasteiger partial charge in [-0.3, -0.25) is 9.36 Å². The molecule has 3 aromatic carbocycles. The second-order valence-electron chi connectivity index (χ2n) is 7.81. The van der Waals surface area contributed by atoms with Gasteiger partial charge in [0.2, 0.25) is 0 Å². The zero-order valence-electron chi connectivity index (χ0n) is 18.2. The van der Waals surface area contributed by atoms with E-state index in [1.165, 1.54) is 17.3 Å². The number of benzene rings is 3. The Kier molecular flexibility index (Phi) is 6.05. The van der Waals surface area contributed by atoms with E-state index >= 15 is 0 Å². The molecule has 0 bridgehead atoms. The van der Waals surface area contributed by atoms with E-state index in [2.05, 4.69) is 42.2 Å². The third kappa shape index (κ3) is 4.47. The van der Waals surface area contributed by atoms with Gasteiger partial charge < -0.3 is 0 Å². The first kappa shape index (κ1) is 21.1. The molecule has 4 rings (SSSR count). The van der Waals surface area contributed by atoms with Gasteiger partial charge in [-0.15, -0.1) is 10.2 Å². The maximum atomic E-state index is 13.0. The van der Waals surface area contributed by atoms with E-state index in [0.29, 0.717) is 10.9 Å². The van der Waals surface area contributed by atoms with Crippen LogP contribution in [0.25, 0.3) is 17.1 Å². The van der Waals surface area contributed by atoms with Gasteiger partial charge in [0.1, 0.15) is 0 Å². The Morgan fingerprint density at radius 3 is 2.32 bits per heavy atom. The van der Waals surface area contributed by atoms with Crippen molar-refractivity contribution in [2.45, 2.75) is 32.9 Å². The first-order chi connectivity index (χ1) is 14.9. The fourth-order valence-corrected chi connectivity index (χ4v) is 4.45. The Balaban J connectivity index is 1.68. The van der Waals surface area contributed by atoms with Crippen LogP contribution in [0.1, 0.15) is 32.6 Å². The van der Waals surface area contributed by atoms with Crippen LogP contribution in [0, 0.1) is 27.7 Å². The summed E-state index contributed by atoms with van der Waals surface area (Å²) in [7, 11) is 0. The first-order valence-corrected chi connectivity index (χ1v) is 11.2. The van der Waals surface area contributed by atoms with Gasteiger partial charge in [0.15, 0.2) is 16.8 Å². The quantitative estimate of drug-likeness (QED) is 0.274. The molecule has 0 saturated heterocycles. The highest BCUT2D eigenvalue weighted by atomic mass is 32.2. The summed E-state index contributed by atoms with van der Waals surface area (Å²) in [5.74, 6) is 1.18. The van der Waals surface area contributed by atoms with Crippen LogP contribution in [0.3, 0.4) is 0 Å². The molecule has 0 N–H and O–H groups in total. The van der Waals surface area contributed by atoms with Crippen LogP contribution in [0.4, 0.5) is 0 Å². The van der Waals surface area contributed by atoms with Crippen molar-refractivity contribution in [1.82, 2.24) is 14.8 Å². The molecule has 0 aliphatic carbocycles. The molecule has 0 unspecified atom stereocenters.